The van der Waals surface area contributed by atoms with Crippen LogP contribution < -0.4 is 15.6 Å². The number of nitrogens with zero attached hydrogens (tertiary/aromatic N) is 3. The van der Waals surface area contributed by atoms with Crippen LogP contribution in [0, 0.1) is 23.1 Å². The Morgan fingerprint density at radius 2 is 2.07 bits per heavy atom. The van der Waals surface area contributed by atoms with Crippen LogP contribution in [0.5, 0.6) is 0 Å². The average Bonchev–Trinajstić information content (AvgIpc) is 3.46. The van der Waals surface area contributed by atoms with Crippen LogP contribution in [0.25, 0.3) is 10.9 Å². The number of Topliss-reactive ketones (excluding diaryl/α,β-unsaturated/α-hetero) is 1. The summed E-state index contributed by atoms with van der Waals surface area (Å²) in [4.78, 5) is 38.2. The topological polar surface area (TPSA) is 115 Å². The van der Waals surface area contributed by atoms with Crippen LogP contribution >= 0.6 is 0 Å². The van der Waals surface area contributed by atoms with Gasteiger partial charge in [0.15, 0.2) is 0 Å². The highest BCUT2D eigenvalue weighted by molar-refractivity contribution is 5.97. The van der Waals surface area contributed by atoms with E-state index in [1.807, 2.05) is 0 Å². The number of nitrogens with one attached hydrogen (secondary N) is 1. The Morgan fingerprint density at radius 3 is 2.70 bits per heavy atom. The fraction of sp³-hybridized carbons (Fsp3) is 0.429. The number of carbonyl (C=O) groups excluding carboxylic acids is 1. The summed E-state index contributed by atoms with van der Waals surface area (Å²) in [5.41, 5.74) is -0.890. The third kappa shape index (κ3) is 2.71. The van der Waals surface area contributed by atoms with Crippen molar-refractivity contribution in [1.82, 2.24) is 9.88 Å². The SMILES string of the molecule is N#Cc1c(N2C[C@@H]3NCCC(=O)[C@@H]3C2)c(F)cc2c(=O)c(C(=O)O)cn(C3CC3)c12. The largest absolute Gasteiger partial charge is 0.477 e. The molecule has 2 atom stereocenters. The number of halogens is 1. The van der Waals surface area contributed by atoms with E-state index in [9.17, 15) is 24.8 Å². The molecule has 0 amide bonds. The molecule has 0 spiro atoms. The third-order valence-corrected chi connectivity index (χ3v) is 6.35. The lowest BCUT2D eigenvalue weighted by Crippen LogP contribution is -2.45. The molecule has 1 saturated carbocycles. The number of anilines is 1. The first-order valence-corrected chi connectivity index (χ1v) is 9.96. The van der Waals surface area contributed by atoms with Gasteiger partial charge in [-0.25, -0.2) is 9.18 Å². The van der Waals surface area contributed by atoms with Gasteiger partial charge in [0.2, 0.25) is 5.43 Å². The number of carboxylic acids is 1. The minimum atomic E-state index is -1.38. The molecule has 2 saturated heterocycles. The molecule has 0 radical (unpaired) electrons. The number of nitriles is 1. The maximum atomic E-state index is 15.3. The standard InChI is InChI=1S/C21H19FN4O4/c22-15-5-11-18(26(10-1-2-10)8-14(20(11)28)21(29)30)12(6-23)19(15)25-7-13-16(9-25)24-4-3-17(13)27/h5,8,10,13,16,24H,1-4,7,9H2,(H,29,30)/t13-,16+/m1/s1. The lowest BCUT2D eigenvalue weighted by molar-refractivity contribution is -0.124. The first-order chi connectivity index (χ1) is 14.4. The number of rotatable bonds is 3. The van der Waals surface area contributed by atoms with Gasteiger partial charge in [-0.2, -0.15) is 5.26 Å². The molecule has 2 aromatic rings. The number of hydrogen-bond donors (Lipinski definition) is 2. The summed E-state index contributed by atoms with van der Waals surface area (Å²) in [6.45, 7) is 1.27. The fourth-order valence-corrected chi connectivity index (χ4v) is 4.77. The van der Waals surface area contributed by atoms with Crippen molar-refractivity contribution in [3.05, 3.63) is 39.4 Å². The van der Waals surface area contributed by atoms with Crippen molar-refractivity contribution < 1.29 is 19.1 Å². The number of hydrogen-bond acceptors (Lipinski definition) is 6. The van der Waals surface area contributed by atoms with Gasteiger partial charge in [-0.15, -0.1) is 0 Å². The van der Waals surface area contributed by atoms with Crippen LogP contribution in [0.2, 0.25) is 0 Å². The maximum Gasteiger partial charge on any atom is 0.341 e. The number of carboxylic acid groups (broad SMARTS) is 1. The Kier molecular flexibility index (Phi) is 4.15. The van der Waals surface area contributed by atoms with E-state index in [2.05, 4.69) is 11.4 Å². The molecule has 2 N–H and O–H groups in total. The number of piperidine rings is 1. The smallest absolute Gasteiger partial charge is 0.341 e. The highest BCUT2D eigenvalue weighted by atomic mass is 19.1. The van der Waals surface area contributed by atoms with E-state index < -0.39 is 22.8 Å². The highest BCUT2D eigenvalue weighted by Crippen LogP contribution is 2.41. The van der Waals surface area contributed by atoms with Crippen molar-refractivity contribution in [2.45, 2.75) is 31.3 Å². The molecular weight excluding hydrogens is 391 g/mol. The molecule has 30 heavy (non-hydrogen) atoms. The zero-order valence-electron chi connectivity index (χ0n) is 16.0. The van der Waals surface area contributed by atoms with Crippen molar-refractivity contribution in [1.29, 1.82) is 5.26 Å². The molecule has 9 heteroatoms. The van der Waals surface area contributed by atoms with E-state index in [-0.39, 0.29) is 45.9 Å². The minimum Gasteiger partial charge on any atom is -0.477 e. The van der Waals surface area contributed by atoms with Gasteiger partial charge in [-0.3, -0.25) is 9.59 Å². The summed E-state index contributed by atoms with van der Waals surface area (Å²) < 4.78 is 16.9. The molecule has 1 aliphatic carbocycles. The van der Waals surface area contributed by atoms with E-state index >= 15 is 4.39 Å². The second-order valence-corrected chi connectivity index (χ2v) is 8.19. The Labute approximate surface area is 170 Å². The molecule has 1 aromatic carbocycles. The van der Waals surface area contributed by atoms with E-state index in [0.29, 0.717) is 26.1 Å². The Hall–Kier alpha value is -3.25. The van der Waals surface area contributed by atoms with Crippen molar-refractivity contribution in [2.75, 3.05) is 24.5 Å². The first kappa shape index (κ1) is 18.8. The van der Waals surface area contributed by atoms with Crippen molar-refractivity contribution in [2.24, 2.45) is 5.92 Å². The summed E-state index contributed by atoms with van der Waals surface area (Å²) in [5, 5.41) is 22.5. The van der Waals surface area contributed by atoms with Gasteiger partial charge >= 0.3 is 5.97 Å². The number of benzene rings is 1. The van der Waals surface area contributed by atoms with Crippen LogP contribution in [-0.2, 0) is 4.79 Å². The summed E-state index contributed by atoms with van der Waals surface area (Å²) in [6.07, 6.45) is 3.28. The van der Waals surface area contributed by atoms with E-state index in [4.69, 9.17) is 0 Å². The summed E-state index contributed by atoms with van der Waals surface area (Å²) in [5.74, 6) is -2.28. The number of carbonyl (C=O) groups is 2. The molecule has 0 bridgehead atoms. The lowest BCUT2D eigenvalue weighted by Gasteiger charge is -2.23. The average molecular weight is 410 g/mol. The number of ketones is 1. The number of pyridine rings is 1. The zero-order valence-corrected chi connectivity index (χ0v) is 16.0. The van der Waals surface area contributed by atoms with Gasteiger partial charge < -0.3 is 19.9 Å². The molecule has 8 nitrogen and oxygen atoms in total. The van der Waals surface area contributed by atoms with Gasteiger partial charge in [-0.1, -0.05) is 0 Å². The minimum absolute atomic E-state index is 0.0111. The molecule has 1 aromatic heterocycles. The zero-order chi connectivity index (χ0) is 21.2. The lowest BCUT2D eigenvalue weighted by atomic mass is 9.93. The molecule has 2 aliphatic heterocycles. The highest BCUT2D eigenvalue weighted by Gasteiger charge is 2.41. The number of aromatic nitrogens is 1. The van der Waals surface area contributed by atoms with Crippen molar-refractivity contribution in [3.8, 4) is 6.07 Å². The van der Waals surface area contributed by atoms with Gasteiger partial charge in [-0.05, 0) is 18.9 Å². The maximum absolute atomic E-state index is 15.3. The monoisotopic (exact) mass is 410 g/mol. The van der Waals surface area contributed by atoms with Crippen LogP contribution in [-0.4, -0.2) is 47.1 Å². The molecule has 3 aliphatic rings. The normalized spacial score (nSPS) is 23.5. The summed E-state index contributed by atoms with van der Waals surface area (Å²) in [7, 11) is 0. The predicted molar refractivity (Wildman–Crippen MR) is 105 cm³/mol. The Balaban J connectivity index is 1.74. The summed E-state index contributed by atoms with van der Waals surface area (Å²) >= 11 is 0. The van der Waals surface area contributed by atoms with Gasteiger partial charge in [0, 0.05) is 44.3 Å². The molecular formula is C21H19FN4O4. The van der Waals surface area contributed by atoms with Crippen LogP contribution in [0.15, 0.2) is 17.1 Å². The van der Waals surface area contributed by atoms with Crippen LogP contribution in [0.4, 0.5) is 10.1 Å². The van der Waals surface area contributed by atoms with Crippen LogP contribution in [0.3, 0.4) is 0 Å². The molecule has 154 valence electrons. The van der Waals surface area contributed by atoms with E-state index in [0.717, 1.165) is 18.9 Å². The van der Waals surface area contributed by atoms with Gasteiger partial charge in [0.1, 0.15) is 28.8 Å². The third-order valence-electron chi connectivity index (χ3n) is 6.35. The molecule has 3 fully saturated rings. The predicted octanol–water partition coefficient (Wildman–Crippen LogP) is 1.41. The van der Waals surface area contributed by atoms with E-state index in [1.165, 1.54) is 6.20 Å². The second kappa shape index (κ2) is 6.64. The molecule has 0 unspecified atom stereocenters. The van der Waals surface area contributed by atoms with Crippen molar-refractivity contribution >= 4 is 28.3 Å². The number of aromatic carboxylic acids is 1. The second-order valence-electron chi connectivity index (χ2n) is 8.19. The van der Waals surface area contributed by atoms with E-state index in [1.54, 1.807) is 9.47 Å². The van der Waals surface area contributed by atoms with Crippen LogP contribution in [0.1, 0.15) is 41.2 Å². The molecule has 3 heterocycles. The van der Waals surface area contributed by atoms with Gasteiger partial charge in [0.25, 0.3) is 0 Å². The summed E-state index contributed by atoms with van der Waals surface area (Å²) in [6, 6.07) is 2.96. The fourth-order valence-electron chi connectivity index (χ4n) is 4.77. The molecule has 5 rings (SSSR count). The Morgan fingerprint density at radius 1 is 1.30 bits per heavy atom. The van der Waals surface area contributed by atoms with Crippen molar-refractivity contribution in [3.63, 3.8) is 0 Å². The quantitative estimate of drug-likeness (QED) is 0.786. The number of fused-ring (bicyclic) bond motifs is 2. The first-order valence-electron chi connectivity index (χ1n) is 9.96. The Bertz CT molecular complexity index is 1210. The van der Waals surface area contributed by atoms with Gasteiger partial charge in [0.05, 0.1) is 22.5 Å².